The van der Waals surface area contributed by atoms with Crippen molar-refractivity contribution in [1.82, 2.24) is 4.90 Å². The van der Waals surface area contributed by atoms with Crippen LogP contribution < -0.4 is 0 Å². The van der Waals surface area contributed by atoms with Gasteiger partial charge in [-0.25, -0.2) is 0 Å². The topological polar surface area (TPSA) is 12.5 Å². The normalized spacial score (nSPS) is 42.3. The van der Waals surface area contributed by atoms with Gasteiger partial charge in [0.25, 0.3) is 0 Å². The Bertz CT molecular complexity index is 399. The van der Waals surface area contributed by atoms with Crippen LogP contribution >= 0.6 is 0 Å². The van der Waals surface area contributed by atoms with Crippen LogP contribution in [-0.4, -0.2) is 43.6 Å². The Labute approximate surface area is 145 Å². The maximum absolute atomic E-state index is 6.22. The highest BCUT2D eigenvalue weighted by Gasteiger charge is 2.60. The summed E-state index contributed by atoms with van der Waals surface area (Å²) in [6.07, 6.45) is 10.4. The Balaban J connectivity index is 1.86. The first-order valence-electron chi connectivity index (χ1n) is 10.3. The van der Waals surface area contributed by atoms with Gasteiger partial charge in [-0.15, -0.1) is 0 Å². The number of likely N-dealkylation sites (tertiary alicyclic amines) is 1. The van der Waals surface area contributed by atoms with E-state index in [2.05, 4.69) is 40.4 Å². The predicted octanol–water partition coefficient (Wildman–Crippen LogP) is 3.90. The molecule has 1 saturated carbocycles. The molecule has 0 amide bonds. The van der Waals surface area contributed by atoms with Gasteiger partial charge < -0.3 is 4.74 Å². The molecule has 132 valence electrons. The SMILES string of the molecule is BC1CCCC2C(CC1)CCN(C(C)C)C21COC1CC(C)C. The highest BCUT2D eigenvalue weighted by Crippen LogP contribution is 2.53. The fourth-order valence-corrected chi connectivity index (χ4v) is 5.92. The van der Waals surface area contributed by atoms with Crippen LogP contribution in [0.5, 0.6) is 0 Å². The Morgan fingerprint density at radius 2 is 1.87 bits per heavy atom. The minimum absolute atomic E-state index is 0.363. The fraction of sp³-hybridized carbons (Fsp3) is 1.00. The molecule has 5 atom stereocenters. The lowest BCUT2D eigenvalue weighted by molar-refractivity contribution is -0.262. The molecule has 23 heavy (non-hydrogen) atoms. The number of hydrogen-bond acceptors (Lipinski definition) is 2. The summed E-state index contributed by atoms with van der Waals surface area (Å²) in [5.74, 6) is 3.51. The van der Waals surface area contributed by atoms with Gasteiger partial charge in [-0.1, -0.05) is 45.3 Å². The molecule has 2 saturated heterocycles. The summed E-state index contributed by atoms with van der Waals surface area (Å²) in [6, 6.07) is 0.652. The van der Waals surface area contributed by atoms with E-state index in [0.717, 1.165) is 30.2 Å². The van der Waals surface area contributed by atoms with Crippen LogP contribution in [0.15, 0.2) is 0 Å². The lowest BCUT2D eigenvalue weighted by Crippen LogP contribution is -2.76. The molecule has 0 bridgehead atoms. The van der Waals surface area contributed by atoms with Crippen LogP contribution in [0.4, 0.5) is 0 Å². The first kappa shape index (κ1) is 17.8. The summed E-state index contributed by atoms with van der Waals surface area (Å²) >= 11 is 0. The third-order valence-electron chi connectivity index (χ3n) is 7.11. The van der Waals surface area contributed by atoms with Gasteiger partial charge >= 0.3 is 0 Å². The number of piperidine rings is 1. The van der Waals surface area contributed by atoms with Gasteiger partial charge in [0.15, 0.2) is 0 Å². The van der Waals surface area contributed by atoms with Crippen molar-refractivity contribution in [1.29, 1.82) is 0 Å². The molecule has 3 heteroatoms. The number of ether oxygens (including phenoxy) is 1. The molecule has 1 spiro atoms. The molecular formula is C20H38BNO. The average Bonchev–Trinajstić information content (AvgIpc) is 2.47. The van der Waals surface area contributed by atoms with Crippen molar-refractivity contribution < 1.29 is 4.74 Å². The van der Waals surface area contributed by atoms with Crippen LogP contribution in [0, 0.1) is 17.8 Å². The zero-order valence-electron chi connectivity index (χ0n) is 16.2. The van der Waals surface area contributed by atoms with Gasteiger partial charge in [0, 0.05) is 6.04 Å². The zero-order chi connectivity index (χ0) is 16.6. The molecule has 2 heterocycles. The summed E-state index contributed by atoms with van der Waals surface area (Å²) in [5.41, 5.74) is 0.363. The summed E-state index contributed by atoms with van der Waals surface area (Å²) in [5, 5.41) is 0. The van der Waals surface area contributed by atoms with E-state index in [9.17, 15) is 0 Å². The number of nitrogens with zero attached hydrogens (tertiary/aromatic N) is 1. The summed E-state index contributed by atoms with van der Waals surface area (Å²) in [6.45, 7) is 11.8. The second-order valence-corrected chi connectivity index (χ2v) is 9.48. The number of rotatable bonds is 3. The minimum atomic E-state index is 0.363. The van der Waals surface area contributed by atoms with Crippen LogP contribution in [-0.2, 0) is 4.74 Å². The Morgan fingerprint density at radius 1 is 1.09 bits per heavy atom. The van der Waals surface area contributed by atoms with E-state index in [1.165, 1.54) is 51.5 Å². The molecule has 0 N–H and O–H groups in total. The first-order valence-corrected chi connectivity index (χ1v) is 10.3. The molecule has 5 unspecified atom stereocenters. The minimum Gasteiger partial charge on any atom is -0.374 e. The second kappa shape index (κ2) is 7.08. The summed E-state index contributed by atoms with van der Waals surface area (Å²) in [4.78, 5) is 2.86. The lowest BCUT2D eigenvalue weighted by atomic mass is 9.59. The summed E-state index contributed by atoms with van der Waals surface area (Å²) in [7, 11) is 2.47. The van der Waals surface area contributed by atoms with Crippen molar-refractivity contribution >= 4 is 7.85 Å². The average molecular weight is 319 g/mol. The monoisotopic (exact) mass is 319 g/mol. The van der Waals surface area contributed by atoms with Gasteiger partial charge in [0.1, 0.15) is 7.85 Å². The largest absolute Gasteiger partial charge is 0.374 e. The molecular weight excluding hydrogens is 281 g/mol. The number of hydrogen-bond donors (Lipinski definition) is 0. The van der Waals surface area contributed by atoms with Gasteiger partial charge in [0.2, 0.25) is 0 Å². The standard InChI is InChI=1S/C20H38BNO/c1-14(2)12-19-20(13-23-19)18-7-5-6-17(21)9-8-16(18)10-11-22(20)15(3)4/h14-19H,5-13,21H2,1-4H3. The second-order valence-electron chi connectivity index (χ2n) is 9.48. The molecule has 3 fully saturated rings. The van der Waals surface area contributed by atoms with E-state index >= 15 is 0 Å². The maximum atomic E-state index is 6.22. The van der Waals surface area contributed by atoms with Crippen molar-refractivity contribution in [2.24, 2.45) is 17.8 Å². The van der Waals surface area contributed by atoms with Crippen molar-refractivity contribution in [3.63, 3.8) is 0 Å². The van der Waals surface area contributed by atoms with E-state index in [4.69, 9.17) is 4.74 Å². The van der Waals surface area contributed by atoms with E-state index < -0.39 is 0 Å². The molecule has 0 aromatic rings. The van der Waals surface area contributed by atoms with Crippen LogP contribution in [0.25, 0.3) is 0 Å². The smallest absolute Gasteiger partial charge is 0.105 e. The number of fused-ring (bicyclic) bond motifs is 2. The van der Waals surface area contributed by atoms with E-state index in [1.807, 2.05) is 0 Å². The molecule has 0 radical (unpaired) electrons. The van der Waals surface area contributed by atoms with Gasteiger partial charge in [-0.2, -0.15) is 0 Å². The molecule has 3 aliphatic rings. The Kier molecular flexibility index (Phi) is 5.48. The Morgan fingerprint density at radius 3 is 2.48 bits per heavy atom. The highest BCUT2D eigenvalue weighted by molar-refractivity contribution is 6.11. The quantitative estimate of drug-likeness (QED) is 0.732. The van der Waals surface area contributed by atoms with Crippen molar-refractivity contribution in [3.05, 3.63) is 0 Å². The summed E-state index contributed by atoms with van der Waals surface area (Å²) < 4.78 is 6.22. The van der Waals surface area contributed by atoms with Gasteiger partial charge in [-0.3, -0.25) is 4.90 Å². The van der Waals surface area contributed by atoms with Crippen molar-refractivity contribution in [3.8, 4) is 0 Å². The van der Waals surface area contributed by atoms with Crippen molar-refractivity contribution in [2.45, 2.75) is 96.1 Å². The molecule has 2 nitrogen and oxygen atoms in total. The maximum Gasteiger partial charge on any atom is 0.105 e. The third-order valence-corrected chi connectivity index (χ3v) is 7.11. The molecule has 2 aliphatic heterocycles. The fourth-order valence-electron chi connectivity index (χ4n) is 5.92. The van der Waals surface area contributed by atoms with Crippen LogP contribution in [0.3, 0.4) is 0 Å². The van der Waals surface area contributed by atoms with Crippen molar-refractivity contribution in [2.75, 3.05) is 13.2 Å². The van der Waals surface area contributed by atoms with E-state index in [0.29, 0.717) is 17.7 Å². The van der Waals surface area contributed by atoms with Crippen LogP contribution in [0.2, 0.25) is 5.82 Å². The lowest BCUT2D eigenvalue weighted by Gasteiger charge is -2.65. The molecule has 0 aromatic carbocycles. The van der Waals surface area contributed by atoms with E-state index in [-0.39, 0.29) is 0 Å². The predicted molar refractivity (Wildman–Crippen MR) is 101 cm³/mol. The third kappa shape index (κ3) is 3.25. The Hall–Kier alpha value is -0.0151. The molecule has 3 rings (SSSR count). The van der Waals surface area contributed by atoms with Gasteiger partial charge in [-0.05, 0) is 57.4 Å². The molecule has 1 aliphatic carbocycles. The van der Waals surface area contributed by atoms with Crippen LogP contribution in [0.1, 0.15) is 72.6 Å². The zero-order valence-corrected chi connectivity index (χ0v) is 16.2. The molecule has 0 aromatic heterocycles. The first-order chi connectivity index (χ1) is 10.9. The van der Waals surface area contributed by atoms with E-state index in [1.54, 1.807) is 0 Å². The van der Waals surface area contributed by atoms with Gasteiger partial charge in [0.05, 0.1) is 18.2 Å². The highest BCUT2D eigenvalue weighted by atomic mass is 16.5.